The van der Waals surface area contributed by atoms with Crippen molar-refractivity contribution in [3.8, 4) is 5.75 Å². The number of aromatic amines is 1. The summed E-state index contributed by atoms with van der Waals surface area (Å²) < 4.78 is 0. The fraction of sp³-hybridized carbons (Fsp3) is 0.462. The van der Waals surface area contributed by atoms with E-state index in [4.69, 9.17) is 16.6 Å². The number of carboxylic acid groups (broad SMARTS) is 2. The molecule has 0 aliphatic heterocycles. The van der Waals surface area contributed by atoms with Gasteiger partial charge in [-0.1, -0.05) is 12.1 Å². The number of phenols is 1. The SMILES string of the molecule is NCCCCC(NC(=O)C(N)Cc1ccc(O)cc1)C(=O)NC(CCC(=O)O)C(=O)NC(Cc1cnc[nH]1)C(=O)O. The number of H-pyrrole nitrogens is 1. The van der Waals surface area contributed by atoms with Crippen LogP contribution in [0.2, 0.25) is 0 Å². The van der Waals surface area contributed by atoms with Crippen LogP contribution in [0.15, 0.2) is 36.8 Å². The molecule has 0 fully saturated rings. The number of nitrogens with one attached hydrogen (secondary N) is 4. The number of benzene rings is 1. The van der Waals surface area contributed by atoms with E-state index in [9.17, 15) is 34.2 Å². The van der Waals surface area contributed by atoms with Gasteiger partial charge in [0.05, 0.1) is 12.4 Å². The first-order valence-corrected chi connectivity index (χ1v) is 13.1. The second-order valence-corrected chi connectivity index (χ2v) is 9.50. The third-order valence-corrected chi connectivity index (χ3v) is 6.18. The second kappa shape index (κ2) is 16.6. The highest BCUT2D eigenvalue weighted by Crippen LogP contribution is 2.12. The van der Waals surface area contributed by atoms with E-state index in [1.165, 1.54) is 24.7 Å². The minimum absolute atomic E-state index is 0.0564. The number of phenolic OH excluding ortho intramolecular Hbond substituents is 1. The molecule has 1 aromatic carbocycles. The molecule has 0 spiro atoms. The molecule has 0 aliphatic rings. The number of carbonyl (C=O) groups is 5. The topological polar surface area (TPSA) is 263 Å². The number of rotatable bonds is 18. The lowest BCUT2D eigenvalue weighted by molar-refractivity contribution is -0.143. The van der Waals surface area contributed by atoms with Gasteiger partial charge in [-0.3, -0.25) is 19.2 Å². The number of carbonyl (C=O) groups excluding carboxylic acids is 3. The van der Waals surface area contributed by atoms with Crippen LogP contribution in [0.1, 0.15) is 43.4 Å². The number of aromatic hydroxyl groups is 1. The quantitative estimate of drug-likeness (QED) is 0.0949. The van der Waals surface area contributed by atoms with Gasteiger partial charge in [-0.2, -0.15) is 0 Å². The maximum absolute atomic E-state index is 13.2. The molecular formula is C26H37N7O8. The summed E-state index contributed by atoms with van der Waals surface area (Å²) in [4.78, 5) is 68.6. The minimum atomic E-state index is -1.40. The third-order valence-electron chi connectivity index (χ3n) is 6.18. The molecule has 11 N–H and O–H groups in total. The molecule has 4 unspecified atom stereocenters. The third kappa shape index (κ3) is 11.6. The van der Waals surface area contributed by atoms with E-state index >= 15 is 0 Å². The van der Waals surface area contributed by atoms with Crippen LogP contribution in [-0.2, 0) is 36.8 Å². The maximum atomic E-state index is 13.2. The number of amides is 3. The summed E-state index contributed by atoms with van der Waals surface area (Å²) in [6, 6.07) is 1.18. The zero-order valence-electron chi connectivity index (χ0n) is 22.4. The summed E-state index contributed by atoms with van der Waals surface area (Å²) in [5.74, 6) is -4.81. The van der Waals surface area contributed by atoms with Gasteiger partial charge in [0.25, 0.3) is 0 Å². The van der Waals surface area contributed by atoms with Gasteiger partial charge in [-0.15, -0.1) is 0 Å². The van der Waals surface area contributed by atoms with Crippen molar-refractivity contribution in [3.63, 3.8) is 0 Å². The van der Waals surface area contributed by atoms with E-state index in [0.717, 1.165) is 0 Å². The van der Waals surface area contributed by atoms with Gasteiger partial charge in [0.2, 0.25) is 17.7 Å². The van der Waals surface area contributed by atoms with Crippen LogP contribution in [0.25, 0.3) is 0 Å². The molecule has 0 saturated heterocycles. The molecule has 3 amide bonds. The molecule has 15 heteroatoms. The van der Waals surface area contributed by atoms with Crippen molar-refractivity contribution in [1.29, 1.82) is 0 Å². The van der Waals surface area contributed by atoms with Gasteiger partial charge < -0.3 is 47.7 Å². The molecule has 4 atom stereocenters. The fourth-order valence-corrected chi connectivity index (χ4v) is 3.92. The van der Waals surface area contributed by atoms with Gasteiger partial charge in [0.15, 0.2) is 0 Å². The van der Waals surface area contributed by atoms with E-state index in [2.05, 4.69) is 25.9 Å². The summed E-state index contributed by atoms with van der Waals surface area (Å²) in [7, 11) is 0. The van der Waals surface area contributed by atoms with Gasteiger partial charge in [-0.05, 0) is 56.3 Å². The first-order chi connectivity index (χ1) is 19.5. The summed E-state index contributed by atoms with van der Waals surface area (Å²) >= 11 is 0. The Bertz CT molecular complexity index is 1160. The van der Waals surface area contributed by atoms with Crippen molar-refractivity contribution < 1.29 is 39.3 Å². The van der Waals surface area contributed by atoms with Crippen molar-refractivity contribution >= 4 is 29.7 Å². The zero-order chi connectivity index (χ0) is 30.4. The predicted octanol–water partition coefficient (Wildman–Crippen LogP) is -1.24. The molecule has 15 nitrogen and oxygen atoms in total. The Morgan fingerprint density at radius 1 is 0.854 bits per heavy atom. The minimum Gasteiger partial charge on any atom is -0.508 e. The first-order valence-electron chi connectivity index (χ1n) is 13.1. The molecule has 2 aromatic rings. The average molecular weight is 576 g/mol. The number of hydrogen-bond acceptors (Lipinski definition) is 9. The number of hydrogen-bond donors (Lipinski definition) is 9. The van der Waals surface area contributed by atoms with Crippen molar-refractivity contribution in [2.45, 2.75) is 69.1 Å². The van der Waals surface area contributed by atoms with E-state index < -0.39 is 60.2 Å². The molecule has 0 radical (unpaired) electrons. The Balaban J connectivity index is 2.13. The highest BCUT2D eigenvalue weighted by Gasteiger charge is 2.31. The molecule has 41 heavy (non-hydrogen) atoms. The molecular weight excluding hydrogens is 538 g/mol. The summed E-state index contributed by atoms with van der Waals surface area (Å²) in [5.41, 5.74) is 12.7. The Labute approximate surface area is 236 Å². The molecule has 0 aliphatic carbocycles. The van der Waals surface area contributed by atoms with Crippen LogP contribution in [-0.4, -0.2) is 85.7 Å². The van der Waals surface area contributed by atoms with Crippen molar-refractivity contribution in [2.24, 2.45) is 11.5 Å². The fourth-order valence-electron chi connectivity index (χ4n) is 3.92. The number of nitrogens with two attached hydrogens (primary N) is 2. The van der Waals surface area contributed by atoms with E-state index in [0.29, 0.717) is 30.6 Å². The Morgan fingerprint density at radius 3 is 2.02 bits per heavy atom. The number of nitrogens with zero attached hydrogens (tertiary/aromatic N) is 1. The molecule has 0 saturated carbocycles. The first kappa shape index (κ1) is 32.7. The normalized spacial score (nSPS) is 13.8. The molecule has 2 rings (SSSR count). The van der Waals surface area contributed by atoms with Gasteiger partial charge in [0.1, 0.15) is 23.9 Å². The standard InChI is InChI=1S/C26H37N7O8/c27-10-2-1-3-19(31-23(37)18(28)11-15-4-6-17(34)7-5-15)24(38)32-20(8-9-22(35)36)25(39)33-21(26(40)41)12-16-13-29-14-30-16/h4-7,13-14,18-21,34H,1-3,8-12,27-28H2,(H,29,30)(H,31,37)(H,32,38)(H,33,39)(H,35,36)(H,40,41). The van der Waals surface area contributed by atoms with Crippen LogP contribution in [0.4, 0.5) is 0 Å². The van der Waals surface area contributed by atoms with Crippen LogP contribution < -0.4 is 27.4 Å². The van der Waals surface area contributed by atoms with Crippen LogP contribution in [0, 0.1) is 0 Å². The van der Waals surface area contributed by atoms with E-state index in [-0.39, 0.29) is 31.4 Å². The van der Waals surface area contributed by atoms with Crippen LogP contribution >= 0.6 is 0 Å². The number of aromatic nitrogens is 2. The Hall–Kier alpha value is -4.50. The average Bonchev–Trinajstić information content (AvgIpc) is 3.44. The van der Waals surface area contributed by atoms with Crippen molar-refractivity contribution in [3.05, 3.63) is 48.0 Å². The number of unbranched alkanes of at least 4 members (excludes halogenated alkanes) is 1. The largest absolute Gasteiger partial charge is 0.508 e. The Morgan fingerprint density at radius 2 is 1.46 bits per heavy atom. The lowest BCUT2D eigenvalue weighted by atomic mass is 10.0. The lowest BCUT2D eigenvalue weighted by Crippen LogP contribution is -2.57. The lowest BCUT2D eigenvalue weighted by Gasteiger charge is -2.25. The van der Waals surface area contributed by atoms with Gasteiger partial charge in [-0.25, -0.2) is 9.78 Å². The van der Waals surface area contributed by atoms with E-state index in [1.807, 2.05) is 0 Å². The molecule has 1 aromatic heterocycles. The Kier molecular flexibility index (Phi) is 13.2. The summed E-state index contributed by atoms with van der Waals surface area (Å²) in [6.45, 7) is 0.346. The monoisotopic (exact) mass is 575 g/mol. The van der Waals surface area contributed by atoms with Crippen LogP contribution in [0.3, 0.4) is 0 Å². The van der Waals surface area contributed by atoms with E-state index in [1.54, 1.807) is 12.1 Å². The highest BCUT2D eigenvalue weighted by molar-refractivity contribution is 5.94. The van der Waals surface area contributed by atoms with Gasteiger partial charge in [0, 0.05) is 24.7 Å². The summed E-state index contributed by atoms with van der Waals surface area (Å²) in [5, 5.41) is 35.5. The molecule has 1 heterocycles. The number of carboxylic acids is 2. The van der Waals surface area contributed by atoms with Crippen molar-refractivity contribution in [2.75, 3.05) is 6.54 Å². The highest BCUT2D eigenvalue weighted by atomic mass is 16.4. The number of aliphatic carboxylic acids is 2. The smallest absolute Gasteiger partial charge is 0.326 e. The van der Waals surface area contributed by atoms with Crippen molar-refractivity contribution in [1.82, 2.24) is 25.9 Å². The second-order valence-electron chi connectivity index (χ2n) is 9.50. The zero-order valence-corrected chi connectivity index (χ0v) is 22.4. The predicted molar refractivity (Wildman–Crippen MR) is 145 cm³/mol. The van der Waals surface area contributed by atoms with Gasteiger partial charge >= 0.3 is 11.9 Å². The maximum Gasteiger partial charge on any atom is 0.326 e. The molecule has 224 valence electrons. The number of imidazole rings is 1. The molecule has 0 bridgehead atoms. The van der Waals surface area contributed by atoms with Crippen LogP contribution in [0.5, 0.6) is 5.75 Å². The summed E-state index contributed by atoms with van der Waals surface area (Å²) in [6.07, 6.45) is 3.10.